The molecule has 0 spiro atoms. The van der Waals surface area contributed by atoms with E-state index in [1.165, 1.54) is 12.8 Å². The average molecular weight is 316 g/mol. The summed E-state index contributed by atoms with van der Waals surface area (Å²) in [6.45, 7) is 0. The van der Waals surface area contributed by atoms with Crippen LogP contribution in [0.25, 0.3) is 0 Å². The summed E-state index contributed by atoms with van der Waals surface area (Å²) >= 11 is -0.282. The van der Waals surface area contributed by atoms with E-state index in [1.807, 2.05) is 0 Å². The summed E-state index contributed by atoms with van der Waals surface area (Å²) in [5.74, 6) is 0. The average Bonchev–Trinajstić information content (AvgIpc) is 2.60. The van der Waals surface area contributed by atoms with E-state index >= 15 is 0 Å². The van der Waals surface area contributed by atoms with Gasteiger partial charge in [-0.05, 0) is 0 Å². The van der Waals surface area contributed by atoms with E-state index in [2.05, 4.69) is 36.5 Å². The van der Waals surface area contributed by atoms with Gasteiger partial charge in [-0.3, -0.25) is 0 Å². The van der Waals surface area contributed by atoms with Crippen LogP contribution in [0, 0.1) is 36.3 Å². The molecule has 0 heterocycles. The van der Waals surface area contributed by atoms with Crippen molar-refractivity contribution in [2.24, 2.45) is 0 Å². The molecule has 12 heavy (non-hydrogen) atoms. The molecule has 0 bridgehead atoms. The maximum atomic E-state index is 2.31. The molecule has 0 amide bonds. The first kappa shape index (κ1) is 10.7. The summed E-state index contributed by atoms with van der Waals surface area (Å²) in [6.07, 6.45) is 16.0. The van der Waals surface area contributed by atoms with Crippen molar-refractivity contribution >= 4 is 0 Å². The van der Waals surface area contributed by atoms with E-state index in [1.54, 1.807) is 2.58 Å². The monoisotopic (exact) mass is 317 g/mol. The number of hydrogen-bond acceptors (Lipinski definition) is 0. The number of allylic oxidation sites excluding steroid dienone is 8. The normalized spacial score (nSPS) is 18.7. The molecule has 0 nitrogen and oxygen atoms in total. The van der Waals surface area contributed by atoms with Gasteiger partial charge in [0, 0.05) is 0 Å². The minimum Gasteiger partial charge on any atom is -1.00 e. The Morgan fingerprint density at radius 1 is 0.917 bits per heavy atom. The van der Waals surface area contributed by atoms with Crippen molar-refractivity contribution < 1.29 is 48.7 Å². The van der Waals surface area contributed by atoms with Crippen molar-refractivity contribution in [3.05, 3.63) is 39.0 Å². The number of rotatable bonds is 2. The summed E-state index contributed by atoms with van der Waals surface area (Å²) in [5.41, 5.74) is 0. The molecule has 0 N–H and O–H groups in total. The third-order valence-corrected chi connectivity index (χ3v) is 5.36. The maximum absolute atomic E-state index is 2.31. The second-order valence-electron chi connectivity index (χ2n) is 2.63. The molecule has 0 aromatic carbocycles. The van der Waals surface area contributed by atoms with Crippen molar-refractivity contribution in [2.45, 2.75) is 12.8 Å². The summed E-state index contributed by atoms with van der Waals surface area (Å²) in [6, 6.07) is 0. The molecule has 0 aromatic rings. The van der Waals surface area contributed by atoms with Gasteiger partial charge in [-0.2, -0.15) is 0 Å². The van der Waals surface area contributed by atoms with E-state index in [-0.39, 0.29) is 48.7 Å². The molecule has 2 rings (SSSR count). The maximum Gasteiger partial charge on any atom is -1.00 e. The Labute approximate surface area is 99.3 Å². The van der Waals surface area contributed by atoms with Crippen LogP contribution in [0.15, 0.2) is 39.0 Å². The van der Waals surface area contributed by atoms with Gasteiger partial charge in [0.1, 0.15) is 0 Å². The van der Waals surface area contributed by atoms with Gasteiger partial charge in [0.2, 0.25) is 0 Å². The van der Waals surface area contributed by atoms with Crippen LogP contribution < -0.4 is 12.4 Å². The molecule has 0 saturated carbocycles. The van der Waals surface area contributed by atoms with E-state index < -0.39 is 0 Å². The summed E-state index contributed by atoms with van der Waals surface area (Å²) < 4.78 is 3.44. The molecular formula is C10H10ClSm. The Bertz CT molecular complexity index is 244. The predicted octanol–water partition coefficient (Wildman–Crippen LogP) is -0.237. The zero-order valence-electron chi connectivity index (χ0n) is 6.66. The van der Waals surface area contributed by atoms with Gasteiger partial charge in [-0.15, -0.1) is 0 Å². The molecule has 0 saturated heterocycles. The SMILES string of the molecule is C1=CC[C]([Sm+][C]2=CC=CC2)=C1.[Cl-]. The Morgan fingerprint density at radius 3 is 1.75 bits per heavy atom. The number of halogens is 1. The topological polar surface area (TPSA) is 0 Å². The molecule has 63 valence electrons. The molecular weight excluding hydrogens is 306 g/mol. The standard InChI is InChI=1S/2C5H5.ClH.Sm/c2*1-2-4-5-3-1;;/h2*1-3H,4H2;1H;/q;;;+1/p-1. The van der Waals surface area contributed by atoms with Gasteiger partial charge < -0.3 is 12.4 Å². The van der Waals surface area contributed by atoms with Crippen molar-refractivity contribution in [1.82, 2.24) is 0 Å². The fourth-order valence-corrected chi connectivity index (χ4v) is 4.35. The van der Waals surface area contributed by atoms with Crippen LogP contribution in [-0.2, 0) is 0 Å². The fourth-order valence-electron chi connectivity index (χ4n) is 1.17. The third-order valence-electron chi connectivity index (χ3n) is 1.74. The number of hydrogen-bond donors (Lipinski definition) is 0. The first-order valence-corrected chi connectivity index (χ1v) is 6.46. The van der Waals surface area contributed by atoms with Crippen molar-refractivity contribution in [3.8, 4) is 0 Å². The Hall–Kier alpha value is 0.588. The quantitative estimate of drug-likeness (QED) is 0.660. The van der Waals surface area contributed by atoms with Crippen molar-refractivity contribution in [3.63, 3.8) is 0 Å². The molecule has 0 unspecified atom stereocenters. The Kier molecular flexibility index (Phi) is 4.75. The largest absolute Gasteiger partial charge is 1.00 e. The minimum absolute atomic E-state index is 0. The summed E-state index contributed by atoms with van der Waals surface area (Å²) in [5, 5.41) is 0. The zero-order chi connectivity index (χ0) is 7.52. The second kappa shape index (κ2) is 5.35. The Morgan fingerprint density at radius 2 is 1.42 bits per heavy atom. The fraction of sp³-hybridized carbons (Fsp3) is 0.200. The van der Waals surface area contributed by atoms with Crippen LogP contribution >= 0.6 is 0 Å². The molecule has 0 radical (unpaired) electrons. The molecule has 2 aliphatic carbocycles. The van der Waals surface area contributed by atoms with Crippen LogP contribution in [0.4, 0.5) is 0 Å². The van der Waals surface area contributed by atoms with Gasteiger partial charge in [0.25, 0.3) is 0 Å². The van der Waals surface area contributed by atoms with Crippen molar-refractivity contribution in [1.29, 1.82) is 0 Å². The molecule has 0 aliphatic heterocycles. The van der Waals surface area contributed by atoms with Crippen molar-refractivity contribution in [2.75, 3.05) is 0 Å². The van der Waals surface area contributed by atoms with Gasteiger partial charge in [0.15, 0.2) is 0 Å². The van der Waals surface area contributed by atoms with Crippen LogP contribution in [0.1, 0.15) is 12.8 Å². The third kappa shape index (κ3) is 2.82. The minimum atomic E-state index is -0.282. The van der Waals surface area contributed by atoms with Gasteiger partial charge in [0.05, 0.1) is 0 Å². The van der Waals surface area contributed by atoms with E-state index in [4.69, 9.17) is 0 Å². The second-order valence-corrected chi connectivity index (χ2v) is 6.65. The van der Waals surface area contributed by atoms with Crippen LogP contribution in [-0.4, -0.2) is 0 Å². The first-order chi connectivity index (χ1) is 5.45. The first-order valence-electron chi connectivity index (χ1n) is 3.84. The molecule has 0 fully saturated rings. The molecule has 0 atom stereocenters. The van der Waals surface area contributed by atoms with Gasteiger partial charge in [-0.1, -0.05) is 0 Å². The van der Waals surface area contributed by atoms with Crippen LogP contribution in [0.5, 0.6) is 0 Å². The van der Waals surface area contributed by atoms with E-state index in [9.17, 15) is 0 Å². The van der Waals surface area contributed by atoms with E-state index in [0.29, 0.717) is 0 Å². The zero-order valence-corrected chi connectivity index (χ0v) is 10.0. The molecule has 2 heteroatoms. The molecule has 0 aromatic heterocycles. The predicted molar refractivity (Wildman–Crippen MR) is 43.7 cm³/mol. The molecule has 2 aliphatic rings. The Balaban J connectivity index is 0.000000720. The van der Waals surface area contributed by atoms with Crippen LogP contribution in [0.3, 0.4) is 0 Å². The van der Waals surface area contributed by atoms with Gasteiger partial charge >= 0.3 is 88.2 Å². The smallest absolute Gasteiger partial charge is 1.00 e. The summed E-state index contributed by atoms with van der Waals surface area (Å²) in [4.78, 5) is 0. The van der Waals surface area contributed by atoms with E-state index in [0.717, 1.165) is 0 Å². The van der Waals surface area contributed by atoms with Crippen LogP contribution in [0.2, 0.25) is 0 Å². The van der Waals surface area contributed by atoms with Gasteiger partial charge in [-0.25, -0.2) is 0 Å². The summed E-state index contributed by atoms with van der Waals surface area (Å²) in [7, 11) is 0.